The van der Waals surface area contributed by atoms with Gasteiger partial charge in [-0.2, -0.15) is 0 Å². The van der Waals surface area contributed by atoms with E-state index in [0.29, 0.717) is 53.8 Å². The van der Waals surface area contributed by atoms with Gasteiger partial charge in [0.1, 0.15) is 28.7 Å². The molecule has 0 saturated heterocycles. The van der Waals surface area contributed by atoms with Crippen molar-refractivity contribution in [1.29, 1.82) is 0 Å². The first kappa shape index (κ1) is 21.4. The van der Waals surface area contributed by atoms with Crippen molar-refractivity contribution in [1.82, 2.24) is 4.90 Å². The molecule has 1 aliphatic rings. The van der Waals surface area contributed by atoms with Gasteiger partial charge in [0.2, 0.25) is 0 Å². The normalized spacial score (nSPS) is 13.4. The lowest BCUT2D eigenvalue weighted by Gasteiger charge is -2.28. The summed E-state index contributed by atoms with van der Waals surface area (Å²) < 4.78 is 27.0. The van der Waals surface area contributed by atoms with Crippen molar-refractivity contribution in [2.24, 2.45) is 0 Å². The predicted molar refractivity (Wildman–Crippen MR) is 114 cm³/mol. The molecular weight excluding hydrogens is 386 g/mol. The fourth-order valence-corrected chi connectivity index (χ4v) is 3.52. The number of nitrogens with zero attached hydrogens (tertiary/aromatic N) is 1. The lowest BCUT2D eigenvalue weighted by Crippen LogP contribution is -2.34. The van der Waals surface area contributed by atoms with Crippen molar-refractivity contribution in [2.75, 3.05) is 48.6 Å². The number of methoxy groups -OCH3 is 5. The predicted octanol–water partition coefficient (Wildman–Crippen LogP) is 3.66. The van der Waals surface area contributed by atoms with E-state index < -0.39 is 0 Å². The molecule has 160 valence electrons. The van der Waals surface area contributed by atoms with Gasteiger partial charge in [-0.25, -0.2) is 0 Å². The second-order valence-electron chi connectivity index (χ2n) is 6.74. The largest absolute Gasteiger partial charge is 0.497 e. The van der Waals surface area contributed by atoms with Gasteiger partial charge in [0.25, 0.3) is 5.91 Å². The average molecular weight is 413 g/mol. The third-order valence-electron chi connectivity index (χ3n) is 5.13. The summed E-state index contributed by atoms with van der Waals surface area (Å²) in [6.45, 7) is 1.05. The maximum atomic E-state index is 13.0. The van der Waals surface area contributed by atoms with Gasteiger partial charge in [-0.05, 0) is 24.1 Å². The van der Waals surface area contributed by atoms with Gasteiger partial charge in [0, 0.05) is 36.9 Å². The smallest absolute Gasteiger partial charge is 0.254 e. The van der Waals surface area contributed by atoms with Crippen LogP contribution in [0.15, 0.2) is 36.4 Å². The molecule has 0 radical (unpaired) electrons. The van der Waals surface area contributed by atoms with Gasteiger partial charge >= 0.3 is 0 Å². The minimum Gasteiger partial charge on any atom is -0.497 e. The molecule has 2 aromatic rings. The molecule has 0 aliphatic carbocycles. The molecule has 2 aromatic carbocycles. The molecular formula is C23H27NO6. The van der Waals surface area contributed by atoms with Gasteiger partial charge < -0.3 is 28.6 Å². The Hall–Kier alpha value is -3.35. The lowest BCUT2D eigenvalue weighted by atomic mass is 9.96. The van der Waals surface area contributed by atoms with Gasteiger partial charge in [0.05, 0.1) is 41.1 Å². The monoisotopic (exact) mass is 413 g/mol. The minimum atomic E-state index is -0.0730. The highest BCUT2D eigenvalue weighted by molar-refractivity contribution is 5.95. The van der Waals surface area contributed by atoms with Crippen molar-refractivity contribution in [3.63, 3.8) is 0 Å². The van der Waals surface area contributed by atoms with E-state index in [4.69, 9.17) is 23.7 Å². The van der Waals surface area contributed by atoms with Crippen LogP contribution in [0, 0.1) is 0 Å². The molecule has 1 amide bonds. The first-order valence-electron chi connectivity index (χ1n) is 9.56. The van der Waals surface area contributed by atoms with Crippen LogP contribution in [0.2, 0.25) is 0 Å². The van der Waals surface area contributed by atoms with Gasteiger partial charge in [0.15, 0.2) is 0 Å². The number of carbonyl (C=O) groups excluding carboxylic acids is 1. The maximum Gasteiger partial charge on any atom is 0.254 e. The van der Waals surface area contributed by atoms with Crippen LogP contribution in [0.25, 0.3) is 5.57 Å². The van der Waals surface area contributed by atoms with Crippen molar-refractivity contribution >= 4 is 11.5 Å². The SMILES string of the molecule is COc1cc(OC)cc(C(=O)N2CC=C(c3c(OC)cc(OC)cc3OC)CC2)c1. The van der Waals surface area contributed by atoms with Crippen LogP contribution >= 0.6 is 0 Å². The Kier molecular flexibility index (Phi) is 6.72. The Morgan fingerprint density at radius 2 is 1.30 bits per heavy atom. The van der Waals surface area contributed by atoms with Crippen LogP contribution in [0.1, 0.15) is 22.3 Å². The fraction of sp³-hybridized carbons (Fsp3) is 0.348. The number of rotatable bonds is 7. The quantitative estimate of drug-likeness (QED) is 0.690. The van der Waals surface area contributed by atoms with Crippen LogP contribution in [-0.2, 0) is 0 Å². The zero-order valence-corrected chi connectivity index (χ0v) is 18.0. The molecule has 0 N–H and O–H groups in total. The topological polar surface area (TPSA) is 66.5 Å². The zero-order chi connectivity index (χ0) is 21.7. The molecule has 0 fully saturated rings. The van der Waals surface area contributed by atoms with Crippen LogP contribution in [0.3, 0.4) is 0 Å². The van der Waals surface area contributed by atoms with Crippen LogP contribution in [-0.4, -0.2) is 59.4 Å². The Balaban J connectivity index is 1.86. The summed E-state index contributed by atoms with van der Waals surface area (Å²) >= 11 is 0. The molecule has 3 rings (SSSR count). The van der Waals surface area contributed by atoms with E-state index in [2.05, 4.69) is 0 Å². The van der Waals surface area contributed by atoms with Gasteiger partial charge in [-0.1, -0.05) is 6.08 Å². The van der Waals surface area contributed by atoms with E-state index in [0.717, 1.165) is 11.1 Å². The third-order valence-corrected chi connectivity index (χ3v) is 5.13. The molecule has 0 spiro atoms. The summed E-state index contributed by atoms with van der Waals surface area (Å²) in [5.41, 5.74) is 2.48. The number of benzene rings is 2. The maximum absolute atomic E-state index is 13.0. The number of hydrogen-bond donors (Lipinski definition) is 0. The van der Waals surface area contributed by atoms with E-state index in [1.165, 1.54) is 0 Å². The lowest BCUT2D eigenvalue weighted by molar-refractivity contribution is 0.0772. The van der Waals surface area contributed by atoms with Crippen LogP contribution in [0.5, 0.6) is 28.7 Å². The average Bonchev–Trinajstić information content (AvgIpc) is 2.82. The van der Waals surface area contributed by atoms with Crippen LogP contribution < -0.4 is 23.7 Å². The van der Waals surface area contributed by atoms with E-state index in [9.17, 15) is 4.79 Å². The zero-order valence-electron chi connectivity index (χ0n) is 18.0. The molecule has 30 heavy (non-hydrogen) atoms. The third kappa shape index (κ3) is 4.30. The molecule has 0 saturated carbocycles. The first-order valence-corrected chi connectivity index (χ1v) is 9.56. The van der Waals surface area contributed by atoms with E-state index in [-0.39, 0.29) is 5.91 Å². The van der Waals surface area contributed by atoms with E-state index in [1.807, 2.05) is 18.2 Å². The van der Waals surface area contributed by atoms with Crippen molar-refractivity contribution in [2.45, 2.75) is 6.42 Å². The molecule has 0 atom stereocenters. The minimum absolute atomic E-state index is 0.0730. The summed E-state index contributed by atoms with van der Waals surface area (Å²) in [5.74, 6) is 3.10. The molecule has 0 aromatic heterocycles. The Labute approximate surface area is 176 Å². The molecule has 1 aliphatic heterocycles. The Bertz CT molecular complexity index is 905. The number of carbonyl (C=O) groups is 1. The van der Waals surface area contributed by atoms with E-state index in [1.54, 1.807) is 58.6 Å². The number of ether oxygens (including phenoxy) is 5. The molecule has 7 nitrogen and oxygen atoms in total. The first-order chi connectivity index (χ1) is 14.5. The van der Waals surface area contributed by atoms with Gasteiger partial charge in [-0.3, -0.25) is 4.79 Å². The van der Waals surface area contributed by atoms with Crippen molar-refractivity contribution < 1.29 is 28.5 Å². The summed E-state index contributed by atoms with van der Waals surface area (Å²) in [6.07, 6.45) is 2.71. The second kappa shape index (κ2) is 9.43. The van der Waals surface area contributed by atoms with E-state index >= 15 is 0 Å². The van der Waals surface area contributed by atoms with Crippen molar-refractivity contribution in [3.8, 4) is 28.7 Å². The summed E-state index contributed by atoms with van der Waals surface area (Å²) in [4.78, 5) is 14.8. The number of hydrogen-bond acceptors (Lipinski definition) is 6. The van der Waals surface area contributed by atoms with Gasteiger partial charge in [-0.15, -0.1) is 0 Å². The summed E-state index contributed by atoms with van der Waals surface area (Å²) in [5, 5.41) is 0. The Morgan fingerprint density at radius 1 is 0.767 bits per heavy atom. The highest BCUT2D eigenvalue weighted by atomic mass is 16.5. The highest BCUT2D eigenvalue weighted by Crippen LogP contribution is 2.41. The fourth-order valence-electron chi connectivity index (χ4n) is 3.52. The molecule has 7 heteroatoms. The molecule has 0 unspecified atom stereocenters. The Morgan fingerprint density at radius 3 is 1.73 bits per heavy atom. The summed E-state index contributed by atoms with van der Waals surface area (Å²) in [7, 11) is 7.97. The van der Waals surface area contributed by atoms with Crippen molar-refractivity contribution in [3.05, 3.63) is 47.5 Å². The van der Waals surface area contributed by atoms with Crippen LogP contribution in [0.4, 0.5) is 0 Å². The number of amides is 1. The second-order valence-corrected chi connectivity index (χ2v) is 6.74. The highest BCUT2D eigenvalue weighted by Gasteiger charge is 2.24. The molecule has 0 bridgehead atoms. The summed E-state index contributed by atoms with van der Waals surface area (Å²) in [6, 6.07) is 8.85. The standard InChI is InChI=1S/C23H27NO6/c1-26-17-10-16(11-18(12-17)27-2)23(25)24-8-6-15(7-9-24)22-20(29-4)13-19(28-3)14-21(22)30-5/h6,10-14H,7-9H2,1-5H3. The molecule has 1 heterocycles.